The van der Waals surface area contributed by atoms with Gasteiger partial charge in [-0.1, -0.05) is 13.3 Å². The lowest BCUT2D eigenvalue weighted by Crippen LogP contribution is -2.46. The third kappa shape index (κ3) is 8.65. The Balaban J connectivity index is 0.00000420. The van der Waals surface area contributed by atoms with Gasteiger partial charge in [-0.2, -0.15) is 0 Å². The molecule has 1 aromatic heterocycles. The smallest absolute Gasteiger partial charge is 0.287 e. The molecule has 1 amide bonds. The molecule has 29 heavy (non-hydrogen) atoms. The van der Waals surface area contributed by atoms with E-state index in [9.17, 15) is 9.00 Å². The summed E-state index contributed by atoms with van der Waals surface area (Å²) in [5.74, 6) is 1.71. The van der Waals surface area contributed by atoms with Gasteiger partial charge < -0.3 is 20.4 Å². The first kappa shape index (κ1) is 25.9. The fraction of sp³-hybridized carbons (Fsp3) is 0.700. The molecule has 0 radical (unpaired) electrons. The zero-order chi connectivity index (χ0) is 20.4. The molecule has 0 aromatic carbocycles. The standard InChI is InChI=1S/C20H34N4O3S.HI/c1-4-21-20(24-16-8-6-9-17(14-16)28(26)5-2)23-12-7-11-22-19(25)18-15(3)10-13-27-18;/h10,13,16-17H,4-9,11-12,14H2,1-3H3,(H,22,25)(H2,21,23,24);1H. The van der Waals surface area contributed by atoms with Crippen LogP contribution in [0, 0.1) is 6.92 Å². The maximum Gasteiger partial charge on any atom is 0.287 e. The Kier molecular flexibility index (Phi) is 12.5. The number of hydrogen-bond acceptors (Lipinski definition) is 4. The van der Waals surface area contributed by atoms with E-state index in [1.165, 1.54) is 6.26 Å². The molecule has 9 heteroatoms. The van der Waals surface area contributed by atoms with E-state index >= 15 is 0 Å². The van der Waals surface area contributed by atoms with E-state index in [1.54, 1.807) is 6.07 Å². The summed E-state index contributed by atoms with van der Waals surface area (Å²) in [4.78, 5) is 16.6. The molecule has 0 saturated heterocycles. The zero-order valence-electron chi connectivity index (χ0n) is 17.7. The molecule has 1 heterocycles. The monoisotopic (exact) mass is 538 g/mol. The van der Waals surface area contributed by atoms with E-state index in [2.05, 4.69) is 20.9 Å². The summed E-state index contributed by atoms with van der Waals surface area (Å²) < 4.78 is 17.3. The summed E-state index contributed by atoms with van der Waals surface area (Å²) in [6.45, 7) is 7.83. The third-order valence-corrected chi connectivity index (χ3v) is 6.67. The van der Waals surface area contributed by atoms with Crippen LogP contribution in [0.15, 0.2) is 21.7 Å². The van der Waals surface area contributed by atoms with Crippen LogP contribution in [0.25, 0.3) is 0 Å². The van der Waals surface area contributed by atoms with Gasteiger partial charge in [0.15, 0.2) is 11.7 Å². The van der Waals surface area contributed by atoms with Crippen LogP contribution in [0.4, 0.5) is 0 Å². The summed E-state index contributed by atoms with van der Waals surface area (Å²) in [5, 5.41) is 9.93. The second kappa shape index (κ2) is 14.0. The van der Waals surface area contributed by atoms with Crippen LogP contribution in [0.2, 0.25) is 0 Å². The van der Waals surface area contributed by atoms with E-state index < -0.39 is 10.8 Å². The van der Waals surface area contributed by atoms with Crippen molar-refractivity contribution >= 4 is 46.6 Å². The van der Waals surface area contributed by atoms with Crippen molar-refractivity contribution in [3.8, 4) is 0 Å². The minimum Gasteiger partial charge on any atom is -0.459 e. The number of aliphatic imine (C=N–C) groups is 1. The minimum absolute atomic E-state index is 0. The summed E-state index contributed by atoms with van der Waals surface area (Å²) in [7, 11) is -0.728. The van der Waals surface area contributed by atoms with Gasteiger partial charge in [0, 0.05) is 53.0 Å². The molecule has 1 saturated carbocycles. The predicted octanol–water partition coefficient (Wildman–Crippen LogP) is 2.96. The average Bonchev–Trinajstić information content (AvgIpc) is 3.13. The second-order valence-corrected chi connectivity index (χ2v) is 9.11. The molecule has 3 unspecified atom stereocenters. The molecular formula is C20H35IN4O3S. The number of aryl methyl sites for hydroxylation is 1. The molecule has 0 aliphatic heterocycles. The van der Waals surface area contributed by atoms with Gasteiger partial charge >= 0.3 is 0 Å². The van der Waals surface area contributed by atoms with Gasteiger partial charge in [0.2, 0.25) is 0 Å². The van der Waals surface area contributed by atoms with Crippen LogP contribution in [-0.2, 0) is 10.8 Å². The van der Waals surface area contributed by atoms with E-state index in [1.807, 2.05) is 20.8 Å². The van der Waals surface area contributed by atoms with Gasteiger partial charge in [0.05, 0.1) is 6.26 Å². The third-order valence-electron chi connectivity index (χ3n) is 4.93. The Bertz CT molecular complexity index is 680. The van der Waals surface area contributed by atoms with Crippen molar-refractivity contribution in [3.05, 3.63) is 23.7 Å². The van der Waals surface area contributed by atoms with Crippen molar-refractivity contribution in [3.63, 3.8) is 0 Å². The Hall–Kier alpha value is -1.10. The molecule has 2 rings (SSSR count). The number of nitrogens with zero attached hydrogens (tertiary/aromatic N) is 1. The maximum absolute atomic E-state index is 12.1. The van der Waals surface area contributed by atoms with E-state index in [0.717, 1.165) is 55.9 Å². The number of amides is 1. The predicted molar refractivity (Wildman–Crippen MR) is 130 cm³/mol. The summed E-state index contributed by atoms with van der Waals surface area (Å²) in [5.41, 5.74) is 0.837. The molecule has 7 nitrogen and oxygen atoms in total. The largest absolute Gasteiger partial charge is 0.459 e. The Morgan fingerprint density at radius 2 is 2.10 bits per heavy atom. The van der Waals surface area contributed by atoms with Crippen molar-refractivity contribution in [1.82, 2.24) is 16.0 Å². The fourth-order valence-electron chi connectivity index (χ4n) is 3.42. The van der Waals surface area contributed by atoms with Gasteiger partial charge in [-0.3, -0.25) is 14.0 Å². The van der Waals surface area contributed by atoms with Crippen molar-refractivity contribution in [1.29, 1.82) is 0 Å². The van der Waals surface area contributed by atoms with Crippen molar-refractivity contribution in [2.45, 2.75) is 64.2 Å². The van der Waals surface area contributed by atoms with Crippen LogP contribution in [0.1, 0.15) is 62.1 Å². The lowest BCUT2D eigenvalue weighted by molar-refractivity contribution is 0.0925. The number of hydrogen-bond donors (Lipinski definition) is 3. The lowest BCUT2D eigenvalue weighted by atomic mass is 9.95. The average molecular weight is 538 g/mol. The Labute approximate surface area is 193 Å². The highest BCUT2D eigenvalue weighted by molar-refractivity contribution is 14.0. The molecular weight excluding hydrogens is 503 g/mol. The number of nitrogens with one attached hydrogen (secondary N) is 3. The van der Waals surface area contributed by atoms with E-state index in [-0.39, 0.29) is 29.9 Å². The van der Waals surface area contributed by atoms with Crippen molar-refractivity contribution in [2.75, 3.05) is 25.4 Å². The second-order valence-electron chi connectivity index (χ2n) is 7.10. The lowest BCUT2D eigenvalue weighted by Gasteiger charge is -2.30. The molecule has 1 fully saturated rings. The highest BCUT2D eigenvalue weighted by atomic mass is 127. The van der Waals surface area contributed by atoms with Crippen LogP contribution in [0.5, 0.6) is 0 Å². The van der Waals surface area contributed by atoms with Gasteiger partial charge in [-0.05, 0) is 45.6 Å². The van der Waals surface area contributed by atoms with Gasteiger partial charge in [0.1, 0.15) is 0 Å². The molecule has 1 aliphatic carbocycles. The first-order chi connectivity index (χ1) is 13.5. The topological polar surface area (TPSA) is 95.7 Å². The summed E-state index contributed by atoms with van der Waals surface area (Å²) >= 11 is 0. The summed E-state index contributed by atoms with van der Waals surface area (Å²) in [6, 6.07) is 2.09. The molecule has 3 atom stereocenters. The number of halogens is 1. The van der Waals surface area contributed by atoms with Crippen LogP contribution in [0.3, 0.4) is 0 Å². The molecule has 1 aromatic rings. The normalized spacial score (nSPS) is 20.4. The van der Waals surface area contributed by atoms with Gasteiger partial charge in [-0.25, -0.2) is 0 Å². The number of carbonyl (C=O) groups excluding carboxylic acids is 1. The highest BCUT2D eigenvalue weighted by Gasteiger charge is 2.26. The van der Waals surface area contributed by atoms with Crippen LogP contribution in [-0.4, -0.2) is 52.8 Å². The fourth-order valence-corrected chi connectivity index (χ4v) is 4.77. The van der Waals surface area contributed by atoms with Crippen molar-refractivity contribution in [2.24, 2.45) is 4.99 Å². The molecule has 0 spiro atoms. The van der Waals surface area contributed by atoms with Gasteiger partial charge in [-0.15, -0.1) is 24.0 Å². The number of furan rings is 1. The number of guanidine groups is 1. The SMILES string of the molecule is CCNC(=NCCCNC(=O)c1occc1C)NC1CCCC(S(=O)CC)C1.I. The molecule has 1 aliphatic rings. The van der Waals surface area contributed by atoms with E-state index in [4.69, 9.17) is 4.42 Å². The van der Waals surface area contributed by atoms with Crippen LogP contribution >= 0.6 is 24.0 Å². The number of rotatable bonds is 9. The molecule has 166 valence electrons. The van der Waals surface area contributed by atoms with E-state index in [0.29, 0.717) is 30.1 Å². The Morgan fingerprint density at radius 1 is 1.31 bits per heavy atom. The van der Waals surface area contributed by atoms with Crippen LogP contribution < -0.4 is 16.0 Å². The quantitative estimate of drug-likeness (QED) is 0.195. The maximum atomic E-state index is 12.1. The Morgan fingerprint density at radius 3 is 2.76 bits per heavy atom. The number of carbonyl (C=O) groups is 1. The summed E-state index contributed by atoms with van der Waals surface area (Å²) in [6.07, 6.45) is 6.45. The zero-order valence-corrected chi connectivity index (χ0v) is 20.8. The first-order valence-electron chi connectivity index (χ1n) is 10.3. The molecule has 0 bridgehead atoms. The van der Waals surface area contributed by atoms with Gasteiger partial charge in [0.25, 0.3) is 5.91 Å². The molecule has 3 N–H and O–H groups in total. The first-order valence-corrected chi connectivity index (χ1v) is 11.7. The highest BCUT2D eigenvalue weighted by Crippen LogP contribution is 2.22. The minimum atomic E-state index is -0.728. The van der Waals surface area contributed by atoms with Crippen molar-refractivity contribution < 1.29 is 13.4 Å².